The maximum absolute atomic E-state index is 13.2. The quantitative estimate of drug-likeness (QED) is 0.549. The number of esters is 1. The van der Waals surface area contributed by atoms with Gasteiger partial charge in [-0.3, -0.25) is 14.0 Å². The number of aromatic nitrogens is 2. The lowest BCUT2D eigenvalue weighted by Crippen LogP contribution is -2.39. The summed E-state index contributed by atoms with van der Waals surface area (Å²) in [5.41, 5.74) is 0.766. The molecule has 29 heavy (non-hydrogen) atoms. The molecule has 150 valence electrons. The van der Waals surface area contributed by atoms with E-state index < -0.39 is 5.41 Å². The molecule has 0 radical (unpaired) electrons. The SMILES string of the molecule is O=C(OCc1cc(=O)n2cc(Cl)ccc2n1)C1(c2cccc(Cl)c2)CCCCC1. The Kier molecular flexibility index (Phi) is 5.61. The van der Waals surface area contributed by atoms with Crippen LogP contribution in [0.25, 0.3) is 5.65 Å². The minimum atomic E-state index is -0.706. The molecule has 2 heterocycles. The molecule has 1 aliphatic rings. The zero-order valence-electron chi connectivity index (χ0n) is 15.7. The summed E-state index contributed by atoms with van der Waals surface area (Å²) in [6.45, 7) is -0.0600. The Morgan fingerprint density at radius 1 is 1.07 bits per heavy atom. The standard InChI is InChI=1S/C22H20Cl2N2O3/c23-16-6-4-5-15(11-16)22(9-2-1-3-10-22)21(28)29-14-18-12-20(27)26-13-17(24)7-8-19(26)25-18/h4-8,11-13H,1-3,9-10,14H2. The summed E-state index contributed by atoms with van der Waals surface area (Å²) in [6, 6.07) is 12.1. The van der Waals surface area contributed by atoms with Crippen LogP contribution in [0.1, 0.15) is 43.4 Å². The highest BCUT2D eigenvalue weighted by atomic mass is 35.5. The van der Waals surface area contributed by atoms with E-state index in [1.54, 1.807) is 18.2 Å². The Morgan fingerprint density at radius 3 is 2.62 bits per heavy atom. The first kappa shape index (κ1) is 19.9. The molecule has 1 aliphatic carbocycles. The predicted molar refractivity (Wildman–Crippen MR) is 112 cm³/mol. The van der Waals surface area contributed by atoms with Crippen molar-refractivity contribution in [1.82, 2.24) is 9.38 Å². The minimum absolute atomic E-state index is 0.0600. The molecular formula is C22H20Cl2N2O3. The van der Waals surface area contributed by atoms with Crippen LogP contribution in [-0.4, -0.2) is 15.4 Å². The first-order valence-electron chi connectivity index (χ1n) is 9.59. The van der Waals surface area contributed by atoms with E-state index in [2.05, 4.69) is 4.98 Å². The monoisotopic (exact) mass is 430 g/mol. The number of nitrogens with zero attached hydrogens (tertiary/aromatic N) is 2. The molecule has 3 aromatic rings. The van der Waals surface area contributed by atoms with Gasteiger partial charge in [0.2, 0.25) is 0 Å². The van der Waals surface area contributed by atoms with Crippen LogP contribution < -0.4 is 5.56 Å². The van der Waals surface area contributed by atoms with Crippen LogP contribution in [0.5, 0.6) is 0 Å². The number of fused-ring (bicyclic) bond motifs is 1. The number of halogens is 2. The fourth-order valence-electron chi connectivity index (χ4n) is 4.03. The molecule has 0 saturated heterocycles. The lowest BCUT2D eigenvalue weighted by molar-refractivity contribution is -0.153. The minimum Gasteiger partial charge on any atom is -0.458 e. The Bertz CT molecular complexity index is 1120. The highest BCUT2D eigenvalue weighted by molar-refractivity contribution is 6.30. The van der Waals surface area contributed by atoms with Gasteiger partial charge >= 0.3 is 5.97 Å². The van der Waals surface area contributed by atoms with Crippen molar-refractivity contribution >= 4 is 34.8 Å². The van der Waals surface area contributed by atoms with Crippen LogP contribution in [0.4, 0.5) is 0 Å². The van der Waals surface area contributed by atoms with Crippen LogP contribution in [0.3, 0.4) is 0 Å². The summed E-state index contributed by atoms with van der Waals surface area (Å²) in [5, 5.41) is 1.05. The third-order valence-electron chi connectivity index (χ3n) is 5.50. The highest BCUT2D eigenvalue weighted by Crippen LogP contribution is 2.41. The zero-order valence-corrected chi connectivity index (χ0v) is 17.2. The van der Waals surface area contributed by atoms with Gasteiger partial charge in [0.05, 0.1) is 16.1 Å². The third kappa shape index (κ3) is 4.02. The van der Waals surface area contributed by atoms with E-state index in [1.807, 2.05) is 18.2 Å². The van der Waals surface area contributed by atoms with Gasteiger partial charge in [-0.15, -0.1) is 0 Å². The van der Waals surface area contributed by atoms with Crippen molar-refractivity contribution in [3.8, 4) is 0 Å². The van der Waals surface area contributed by atoms with Gasteiger partial charge in [-0.05, 0) is 42.7 Å². The number of benzene rings is 1. The Morgan fingerprint density at radius 2 is 1.86 bits per heavy atom. The van der Waals surface area contributed by atoms with E-state index >= 15 is 0 Å². The van der Waals surface area contributed by atoms with E-state index in [4.69, 9.17) is 27.9 Å². The molecule has 2 aromatic heterocycles. The van der Waals surface area contributed by atoms with Crippen LogP contribution in [0.15, 0.2) is 53.5 Å². The maximum atomic E-state index is 13.2. The summed E-state index contributed by atoms with van der Waals surface area (Å²) in [6.07, 6.45) is 5.96. The van der Waals surface area contributed by atoms with Crippen LogP contribution >= 0.6 is 23.2 Å². The van der Waals surface area contributed by atoms with Crippen molar-refractivity contribution < 1.29 is 9.53 Å². The molecule has 1 fully saturated rings. The first-order valence-corrected chi connectivity index (χ1v) is 10.3. The Labute approximate surface area is 178 Å². The maximum Gasteiger partial charge on any atom is 0.316 e. The van der Waals surface area contributed by atoms with Crippen LogP contribution in [0, 0.1) is 0 Å². The number of pyridine rings is 1. The topological polar surface area (TPSA) is 60.7 Å². The van der Waals surface area contributed by atoms with Gasteiger partial charge in [0.15, 0.2) is 0 Å². The van der Waals surface area contributed by atoms with E-state index in [0.717, 1.165) is 37.7 Å². The molecule has 7 heteroatoms. The van der Waals surface area contributed by atoms with E-state index in [1.165, 1.54) is 16.7 Å². The predicted octanol–water partition coefficient (Wildman–Crippen LogP) is 4.95. The average molecular weight is 431 g/mol. The van der Waals surface area contributed by atoms with Crippen molar-refractivity contribution in [2.24, 2.45) is 0 Å². The number of carbonyl (C=O) groups is 1. The number of rotatable bonds is 4. The fourth-order valence-corrected chi connectivity index (χ4v) is 4.38. The van der Waals surface area contributed by atoms with Gasteiger partial charge in [-0.2, -0.15) is 0 Å². The van der Waals surface area contributed by atoms with Gasteiger partial charge in [0.25, 0.3) is 5.56 Å². The molecule has 5 nitrogen and oxygen atoms in total. The molecule has 0 unspecified atom stereocenters. The normalized spacial score (nSPS) is 15.9. The second kappa shape index (κ2) is 8.17. The van der Waals surface area contributed by atoms with Gasteiger partial charge < -0.3 is 4.74 Å². The van der Waals surface area contributed by atoms with Crippen molar-refractivity contribution in [3.05, 3.63) is 80.3 Å². The molecule has 0 amide bonds. The molecule has 1 saturated carbocycles. The van der Waals surface area contributed by atoms with Gasteiger partial charge in [0, 0.05) is 17.3 Å². The number of hydrogen-bond donors (Lipinski definition) is 0. The van der Waals surface area contributed by atoms with E-state index in [0.29, 0.717) is 21.4 Å². The second-order valence-corrected chi connectivity index (χ2v) is 8.26. The summed E-state index contributed by atoms with van der Waals surface area (Å²) in [4.78, 5) is 29.9. The molecule has 0 spiro atoms. The summed E-state index contributed by atoms with van der Waals surface area (Å²) >= 11 is 12.1. The first-order chi connectivity index (χ1) is 14.0. The summed E-state index contributed by atoms with van der Waals surface area (Å²) < 4.78 is 7.04. The number of hydrogen-bond acceptors (Lipinski definition) is 4. The third-order valence-corrected chi connectivity index (χ3v) is 5.96. The van der Waals surface area contributed by atoms with Crippen molar-refractivity contribution in [2.45, 2.75) is 44.1 Å². The Balaban J connectivity index is 1.59. The molecular weight excluding hydrogens is 411 g/mol. The molecule has 0 bridgehead atoms. The summed E-state index contributed by atoms with van der Waals surface area (Å²) in [7, 11) is 0. The van der Waals surface area contributed by atoms with Crippen molar-refractivity contribution in [2.75, 3.05) is 0 Å². The fraction of sp³-hybridized carbons (Fsp3) is 0.318. The smallest absolute Gasteiger partial charge is 0.316 e. The summed E-state index contributed by atoms with van der Waals surface area (Å²) in [5.74, 6) is -0.294. The zero-order chi connectivity index (χ0) is 20.4. The van der Waals surface area contributed by atoms with Crippen LogP contribution in [-0.2, 0) is 21.6 Å². The van der Waals surface area contributed by atoms with Crippen molar-refractivity contribution in [1.29, 1.82) is 0 Å². The lowest BCUT2D eigenvalue weighted by atomic mass is 9.69. The number of carbonyl (C=O) groups excluding carboxylic acids is 1. The lowest BCUT2D eigenvalue weighted by Gasteiger charge is -2.35. The molecule has 0 N–H and O–H groups in total. The van der Waals surface area contributed by atoms with Gasteiger partial charge in [-0.25, -0.2) is 4.98 Å². The molecule has 1 aromatic carbocycles. The highest BCUT2D eigenvalue weighted by Gasteiger charge is 2.42. The van der Waals surface area contributed by atoms with E-state index in [9.17, 15) is 9.59 Å². The van der Waals surface area contributed by atoms with Crippen molar-refractivity contribution in [3.63, 3.8) is 0 Å². The largest absolute Gasteiger partial charge is 0.458 e. The number of ether oxygens (including phenoxy) is 1. The van der Waals surface area contributed by atoms with Gasteiger partial charge in [0.1, 0.15) is 12.3 Å². The Hall–Kier alpha value is -2.37. The van der Waals surface area contributed by atoms with Gasteiger partial charge in [-0.1, -0.05) is 54.6 Å². The van der Waals surface area contributed by atoms with E-state index in [-0.39, 0.29) is 18.1 Å². The van der Waals surface area contributed by atoms with Crippen LogP contribution in [0.2, 0.25) is 10.0 Å². The molecule has 4 rings (SSSR count). The average Bonchev–Trinajstić information content (AvgIpc) is 2.73. The molecule has 0 atom stereocenters. The second-order valence-electron chi connectivity index (χ2n) is 7.39. The molecule has 0 aliphatic heterocycles.